The van der Waals surface area contributed by atoms with E-state index in [1.54, 1.807) is 12.1 Å². The predicted molar refractivity (Wildman–Crippen MR) is 70.2 cm³/mol. The minimum Gasteiger partial charge on any atom is -0.478 e. The van der Waals surface area contributed by atoms with Crippen LogP contribution in [0.15, 0.2) is 18.2 Å². The largest absolute Gasteiger partial charge is 0.478 e. The van der Waals surface area contributed by atoms with E-state index in [4.69, 9.17) is 16.7 Å². The summed E-state index contributed by atoms with van der Waals surface area (Å²) in [5.74, 6) is -0.594. The fourth-order valence-electron chi connectivity index (χ4n) is 2.34. The average Bonchev–Trinajstić information content (AvgIpc) is 2.73. The molecule has 0 saturated heterocycles. The zero-order valence-corrected chi connectivity index (χ0v) is 10.7. The van der Waals surface area contributed by atoms with Crippen LogP contribution < -0.4 is 5.32 Å². The molecule has 2 rings (SSSR count). The summed E-state index contributed by atoms with van der Waals surface area (Å²) in [4.78, 5) is 11.1. The van der Waals surface area contributed by atoms with Crippen LogP contribution in [0, 0.1) is 5.92 Å². The molecule has 1 aromatic carbocycles. The Hall–Kier alpha value is -1.26. The Morgan fingerprint density at radius 2 is 2.22 bits per heavy atom. The second-order valence-electron chi connectivity index (χ2n) is 4.71. The van der Waals surface area contributed by atoms with Gasteiger partial charge < -0.3 is 15.5 Å². The lowest BCUT2D eigenvalue weighted by Gasteiger charge is -2.14. The van der Waals surface area contributed by atoms with Crippen molar-refractivity contribution in [1.82, 2.24) is 0 Å². The Morgan fingerprint density at radius 3 is 2.83 bits per heavy atom. The highest BCUT2D eigenvalue weighted by atomic mass is 35.5. The number of halogens is 1. The second-order valence-corrected chi connectivity index (χ2v) is 5.15. The molecule has 1 aromatic rings. The lowest BCUT2D eigenvalue weighted by Crippen LogP contribution is -2.14. The van der Waals surface area contributed by atoms with Crippen molar-refractivity contribution in [1.29, 1.82) is 0 Å². The predicted octanol–water partition coefficient (Wildman–Crippen LogP) is 2.61. The summed E-state index contributed by atoms with van der Waals surface area (Å²) in [5.41, 5.74) is 0.759. The minimum absolute atomic E-state index is 0.182. The molecule has 18 heavy (non-hydrogen) atoms. The van der Waals surface area contributed by atoms with E-state index >= 15 is 0 Å². The Labute approximate surface area is 111 Å². The maximum Gasteiger partial charge on any atom is 0.337 e. The van der Waals surface area contributed by atoms with Crippen molar-refractivity contribution < 1.29 is 15.0 Å². The SMILES string of the molecule is O=C(O)c1cc(Cl)ccc1NCC1CCC(O)C1. The van der Waals surface area contributed by atoms with Crippen molar-refractivity contribution in [3.05, 3.63) is 28.8 Å². The third-order valence-electron chi connectivity index (χ3n) is 3.31. The number of aliphatic hydroxyl groups is 1. The zero-order chi connectivity index (χ0) is 13.1. The topological polar surface area (TPSA) is 69.6 Å². The first-order chi connectivity index (χ1) is 8.56. The van der Waals surface area contributed by atoms with Crippen molar-refractivity contribution in [2.45, 2.75) is 25.4 Å². The average molecular weight is 270 g/mol. The van der Waals surface area contributed by atoms with E-state index in [-0.39, 0.29) is 11.7 Å². The van der Waals surface area contributed by atoms with Crippen molar-refractivity contribution in [3.63, 3.8) is 0 Å². The summed E-state index contributed by atoms with van der Waals surface area (Å²) >= 11 is 5.78. The summed E-state index contributed by atoms with van der Waals surface area (Å²) in [7, 11) is 0. The molecule has 0 amide bonds. The van der Waals surface area contributed by atoms with Crippen LogP contribution in [0.2, 0.25) is 5.02 Å². The molecular weight excluding hydrogens is 254 g/mol. The summed E-state index contributed by atoms with van der Waals surface area (Å²) in [6.07, 6.45) is 2.38. The van der Waals surface area contributed by atoms with Gasteiger partial charge in [0.25, 0.3) is 0 Å². The third kappa shape index (κ3) is 3.15. The molecule has 0 bridgehead atoms. The van der Waals surface area contributed by atoms with Crippen molar-refractivity contribution in [3.8, 4) is 0 Å². The number of carbonyl (C=O) groups is 1. The van der Waals surface area contributed by atoms with Crippen LogP contribution in [0.4, 0.5) is 5.69 Å². The normalized spacial score (nSPS) is 23.0. The molecule has 1 saturated carbocycles. The molecule has 3 N–H and O–H groups in total. The van der Waals surface area contributed by atoms with E-state index in [9.17, 15) is 9.90 Å². The lowest BCUT2D eigenvalue weighted by atomic mass is 10.1. The first-order valence-corrected chi connectivity index (χ1v) is 6.39. The van der Waals surface area contributed by atoms with Gasteiger partial charge in [-0.2, -0.15) is 0 Å². The summed E-state index contributed by atoms with van der Waals surface area (Å²) in [5, 5.41) is 22.1. The lowest BCUT2D eigenvalue weighted by molar-refractivity contribution is 0.0698. The van der Waals surface area contributed by atoms with Crippen LogP contribution >= 0.6 is 11.6 Å². The number of aromatic carboxylic acids is 1. The highest BCUT2D eigenvalue weighted by Crippen LogP contribution is 2.27. The number of hydrogen-bond acceptors (Lipinski definition) is 3. The summed E-state index contributed by atoms with van der Waals surface area (Å²) in [6.45, 7) is 0.680. The summed E-state index contributed by atoms with van der Waals surface area (Å²) < 4.78 is 0. The molecule has 2 atom stereocenters. The molecule has 1 fully saturated rings. The number of carboxylic acids is 1. The smallest absolute Gasteiger partial charge is 0.337 e. The Bertz CT molecular complexity index is 450. The number of nitrogens with one attached hydrogen (secondary N) is 1. The fourth-order valence-corrected chi connectivity index (χ4v) is 2.51. The van der Waals surface area contributed by atoms with Crippen LogP contribution in [0.5, 0.6) is 0 Å². The van der Waals surface area contributed by atoms with Crippen molar-refractivity contribution in [2.24, 2.45) is 5.92 Å². The molecule has 0 aliphatic heterocycles. The number of rotatable bonds is 4. The first-order valence-electron chi connectivity index (χ1n) is 6.01. The van der Waals surface area contributed by atoms with Gasteiger partial charge in [0.15, 0.2) is 0 Å². The van der Waals surface area contributed by atoms with Gasteiger partial charge in [0.2, 0.25) is 0 Å². The molecular formula is C13H16ClNO3. The molecule has 5 heteroatoms. The van der Waals surface area contributed by atoms with Gasteiger partial charge in [-0.15, -0.1) is 0 Å². The maximum atomic E-state index is 11.1. The van der Waals surface area contributed by atoms with Gasteiger partial charge in [0, 0.05) is 17.3 Å². The molecule has 0 spiro atoms. The maximum absolute atomic E-state index is 11.1. The third-order valence-corrected chi connectivity index (χ3v) is 3.54. The monoisotopic (exact) mass is 269 g/mol. The van der Waals surface area contributed by atoms with E-state index in [1.807, 2.05) is 0 Å². The Morgan fingerprint density at radius 1 is 1.44 bits per heavy atom. The second kappa shape index (κ2) is 5.59. The quantitative estimate of drug-likeness (QED) is 0.786. The van der Waals surface area contributed by atoms with Crippen LogP contribution in [0.3, 0.4) is 0 Å². The number of carboxylic acid groups (broad SMARTS) is 1. The fraction of sp³-hybridized carbons (Fsp3) is 0.462. The van der Waals surface area contributed by atoms with Gasteiger partial charge in [0.1, 0.15) is 0 Å². The van der Waals surface area contributed by atoms with Gasteiger partial charge in [0.05, 0.1) is 11.7 Å². The molecule has 2 unspecified atom stereocenters. The summed E-state index contributed by atoms with van der Waals surface area (Å²) in [6, 6.07) is 4.78. The van der Waals surface area contributed by atoms with Crippen LogP contribution in [-0.4, -0.2) is 28.8 Å². The number of hydrogen-bond donors (Lipinski definition) is 3. The van der Waals surface area contributed by atoms with Crippen LogP contribution in [0.1, 0.15) is 29.6 Å². The van der Waals surface area contributed by atoms with E-state index in [0.717, 1.165) is 19.3 Å². The molecule has 1 aliphatic carbocycles. The number of anilines is 1. The highest BCUT2D eigenvalue weighted by molar-refractivity contribution is 6.31. The van der Waals surface area contributed by atoms with Crippen LogP contribution in [0.25, 0.3) is 0 Å². The highest BCUT2D eigenvalue weighted by Gasteiger charge is 2.22. The van der Waals surface area contributed by atoms with Gasteiger partial charge in [-0.25, -0.2) is 4.79 Å². The van der Waals surface area contributed by atoms with Crippen molar-refractivity contribution in [2.75, 3.05) is 11.9 Å². The molecule has 0 radical (unpaired) electrons. The molecule has 0 heterocycles. The van der Waals surface area contributed by atoms with Gasteiger partial charge in [-0.1, -0.05) is 11.6 Å². The van der Waals surface area contributed by atoms with Crippen molar-refractivity contribution >= 4 is 23.3 Å². The van der Waals surface area contributed by atoms with E-state index in [1.165, 1.54) is 6.07 Å². The molecule has 4 nitrogen and oxygen atoms in total. The Kier molecular flexibility index (Phi) is 4.09. The number of aliphatic hydroxyl groups excluding tert-OH is 1. The van der Waals surface area contributed by atoms with Gasteiger partial charge in [-0.3, -0.25) is 0 Å². The van der Waals surface area contributed by atoms with Gasteiger partial charge >= 0.3 is 5.97 Å². The molecule has 98 valence electrons. The van der Waals surface area contributed by atoms with Gasteiger partial charge in [-0.05, 0) is 43.4 Å². The molecule has 1 aliphatic rings. The minimum atomic E-state index is -0.994. The standard InChI is InChI=1S/C13H16ClNO3/c14-9-2-4-12(11(6-9)13(17)18)15-7-8-1-3-10(16)5-8/h2,4,6,8,10,15-16H,1,3,5,7H2,(H,17,18). The zero-order valence-electron chi connectivity index (χ0n) is 9.90. The van der Waals surface area contributed by atoms with Crippen LogP contribution in [-0.2, 0) is 0 Å². The van der Waals surface area contributed by atoms with E-state index in [2.05, 4.69) is 5.32 Å². The molecule has 0 aromatic heterocycles. The number of benzene rings is 1. The Balaban J connectivity index is 2.02. The van der Waals surface area contributed by atoms with E-state index < -0.39 is 5.97 Å². The first kappa shape index (κ1) is 13.2. The van der Waals surface area contributed by atoms with E-state index in [0.29, 0.717) is 23.2 Å².